The molecule has 0 aliphatic heterocycles. The molecule has 5 nitrogen and oxygen atoms in total. The van der Waals surface area contributed by atoms with Crippen LogP contribution in [-0.2, 0) is 0 Å². The standard InChI is InChI=1S/C13H10N4O/c14-12(18)11-8-17(9-3-1-5-15-7-9)13-10(11)4-2-6-16-13/h1-8H,(H2,14,18). The van der Waals surface area contributed by atoms with Crippen molar-refractivity contribution in [3.63, 3.8) is 0 Å². The minimum atomic E-state index is -0.462. The molecular formula is C13H10N4O. The van der Waals surface area contributed by atoms with E-state index in [-0.39, 0.29) is 0 Å². The minimum Gasteiger partial charge on any atom is -0.366 e. The van der Waals surface area contributed by atoms with Gasteiger partial charge in [-0.25, -0.2) is 4.98 Å². The second-order valence-electron chi connectivity index (χ2n) is 3.86. The lowest BCUT2D eigenvalue weighted by atomic mass is 10.2. The van der Waals surface area contributed by atoms with Crippen molar-refractivity contribution in [2.45, 2.75) is 0 Å². The molecule has 0 fully saturated rings. The van der Waals surface area contributed by atoms with Crippen molar-refractivity contribution in [1.82, 2.24) is 14.5 Å². The van der Waals surface area contributed by atoms with Gasteiger partial charge in [0.15, 0.2) is 0 Å². The molecule has 0 saturated carbocycles. The number of carbonyl (C=O) groups excluding carboxylic acids is 1. The third-order valence-corrected chi connectivity index (χ3v) is 2.75. The van der Waals surface area contributed by atoms with Crippen LogP contribution in [0.25, 0.3) is 16.7 Å². The number of hydrogen-bond donors (Lipinski definition) is 1. The Morgan fingerprint density at radius 1 is 1.22 bits per heavy atom. The molecule has 0 unspecified atom stereocenters. The zero-order valence-electron chi connectivity index (χ0n) is 9.45. The molecule has 0 bridgehead atoms. The van der Waals surface area contributed by atoms with Crippen LogP contribution in [0.15, 0.2) is 49.1 Å². The summed E-state index contributed by atoms with van der Waals surface area (Å²) in [5.74, 6) is -0.462. The predicted molar refractivity (Wildman–Crippen MR) is 67.4 cm³/mol. The first-order chi connectivity index (χ1) is 8.77. The molecule has 0 atom stereocenters. The molecule has 2 N–H and O–H groups in total. The quantitative estimate of drug-likeness (QED) is 0.735. The molecule has 18 heavy (non-hydrogen) atoms. The monoisotopic (exact) mass is 238 g/mol. The lowest BCUT2D eigenvalue weighted by Gasteiger charge is -2.02. The van der Waals surface area contributed by atoms with E-state index in [0.717, 1.165) is 11.1 Å². The molecule has 0 aromatic carbocycles. The number of primary amides is 1. The van der Waals surface area contributed by atoms with E-state index in [4.69, 9.17) is 5.73 Å². The Balaban J connectivity index is 2.34. The molecule has 3 heterocycles. The Hall–Kier alpha value is -2.69. The first-order valence-corrected chi connectivity index (χ1v) is 5.43. The van der Waals surface area contributed by atoms with Gasteiger partial charge in [-0.2, -0.15) is 0 Å². The summed E-state index contributed by atoms with van der Waals surface area (Å²) >= 11 is 0. The number of pyridine rings is 2. The highest BCUT2D eigenvalue weighted by molar-refractivity contribution is 6.05. The second kappa shape index (κ2) is 3.96. The van der Waals surface area contributed by atoms with Crippen molar-refractivity contribution in [3.05, 3.63) is 54.6 Å². The number of carbonyl (C=O) groups is 1. The molecule has 0 radical (unpaired) electrons. The van der Waals surface area contributed by atoms with Crippen LogP contribution in [0.3, 0.4) is 0 Å². The number of rotatable bonds is 2. The smallest absolute Gasteiger partial charge is 0.250 e. The number of nitrogens with two attached hydrogens (primary N) is 1. The van der Waals surface area contributed by atoms with Crippen LogP contribution in [-0.4, -0.2) is 20.4 Å². The average Bonchev–Trinajstić information content (AvgIpc) is 2.79. The molecule has 88 valence electrons. The topological polar surface area (TPSA) is 73.8 Å². The zero-order chi connectivity index (χ0) is 12.5. The van der Waals surface area contributed by atoms with Crippen molar-refractivity contribution in [2.75, 3.05) is 0 Å². The lowest BCUT2D eigenvalue weighted by Crippen LogP contribution is -2.10. The van der Waals surface area contributed by atoms with Crippen LogP contribution in [0, 0.1) is 0 Å². The van der Waals surface area contributed by atoms with Crippen LogP contribution >= 0.6 is 0 Å². The first kappa shape index (κ1) is 10.5. The summed E-state index contributed by atoms with van der Waals surface area (Å²) in [6.45, 7) is 0. The van der Waals surface area contributed by atoms with Crippen molar-refractivity contribution >= 4 is 16.9 Å². The first-order valence-electron chi connectivity index (χ1n) is 5.43. The van der Waals surface area contributed by atoms with E-state index in [1.807, 2.05) is 22.8 Å². The largest absolute Gasteiger partial charge is 0.366 e. The van der Waals surface area contributed by atoms with Gasteiger partial charge in [-0.1, -0.05) is 0 Å². The predicted octanol–water partition coefficient (Wildman–Crippen LogP) is 1.52. The van der Waals surface area contributed by atoms with Crippen LogP contribution < -0.4 is 5.73 Å². The molecule has 0 aliphatic rings. The van der Waals surface area contributed by atoms with Gasteiger partial charge >= 0.3 is 0 Å². The van der Waals surface area contributed by atoms with E-state index in [1.165, 1.54) is 0 Å². The Bertz CT molecular complexity index is 718. The van der Waals surface area contributed by atoms with Crippen molar-refractivity contribution < 1.29 is 4.79 Å². The summed E-state index contributed by atoms with van der Waals surface area (Å²) < 4.78 is 1.81. The van der Waals surface area contributed by atoms with Crippen LogP contribution in [0.4, 0.5) is 0 Å². The van der Waals surface area contributed by atoms with E-state index in [1.54, 1.807) is 30.9 Å². The number of nitrogens with zero attached hydrogens (tertiary/aromatic N) is 3. The summed E-state index contributed by atoms with van der Waals surface area (Å²) in [6.07, 6.45) is 6.77. The highest BCUT2D eigenvalue weighted by atomic mass is 16.1. The van der Waals surface area contributed by atoms with Crippen molar-refractivity contribution in [2.24, 2.45) is 5.73 Å². The van der Waals surface area contributed by atoms with Gasteiger partial charge < -0.3 is 5.73 Å². The molecule has 3 aromatic heterocycles. The molecule has 0 saturated heterocycles. The second-order valence-corrected chi connectivity index (χ2v) is 3.86. The molecule has 5 heteroatoms. The van der Waals surface area contributed by atoms with Gasteiger partial charge in [-0.15, -0.1) is 0 Å². The summed E-state index contributed by atoms with van der Waals surface area (Å²) in [4.78, 5) is 19.8. The maximum Gasteiger partial charge on any atom is 0.250 e. The maximum absolute atomic E-state index is 11.4. The number of hydrogen-bond acceptors (Lipinski definition) is 3. The number of fused-ring (bicyclic) bond motifs is 1. The third kappa shape index (κ3) is 1.53. The van der Waals surface area contributed by atoms with Crippen molar-refractivity contribution in [1.29, 1.82) is 0 Å². The average molecular weight is 238 g/mol. The van der Waals surface area contributed by atoms with E-state index < -0.39 is 5.91 Å². The highest BCUT2D eigenvalue weighted by Gasteiger charge is 2.13. The molecule has 0 aliphatic carbocycles. The summed E-state index contributed by atoms with van der Waals surface area (Å²) in [5.41, 5.74) is 7.37. The van der Waals surface area contributed by atoms with E-state index in [2.05, 4.69) is 9.97 Å². The normalized spacial score (nSPS) is 10.7. The summed E-state index contributed by atoms with van der Waals surface area (Å²) in [7, 11) is 0. The Morgan fingerprint density at radius 2 is 2.06 bits per heavy atom. The maximum atomic E-state index is 11.4. The molecule has 3 aromatic rings. The van der Waals surface area contributed by atoms with Crippen LogP contribution in [0.1, 0.15) is 10.4 Å². The minimum absolute atomic E-state index is 0.460. The molecule has 0 spiro atoms. The van der Waals surface area contributed by atoms with Gasteiger partial charge in [-0.05, 0) is 24.3 Å². The zero-order valence-corrected chi connectivity index (χ0v) is 9.45. The van der Waals surface area contributed by atoms with Gasteiger partial charge in [0.2, 0.25) is 0 Å². The number of amides is 1. The van der Waals surface area contributed by atoms with Crippen LogP contribution in [0.2, 0.25) is 0 Å². The van der Waals surface area contributed by atoms with Crippen molar-refractivity contribution in [3.8, 4) is 5.69 Å². The molecule has 1 amide bonds. The Kier molecular flexibility index (Phi) is 2.30. The van der Waals surface area contributed by atoms with E-state index >= 15 is 0 Å². The summed E-state index contributed by atoms with van der Waals surface area (Å²) in [5, 5.41) is 0.744. The fourth-order valence-corrected chi connectivity index (χ4v) is 1.95. The Labute approximate surface area is 103 Å². The summed E-state index contributed by atoms with van der Waals surface area (Å²) in [6, 6.07) is 7.33. The SMILES string of the molecule is NC(=O)c1cn(-c2cccnc2)c2ncccc12. The van der Waals surface area contributed by atoms with Gasteiger partial charge in [0, 0.05) is 24.0 Å². The van der Waals surface area contributed by atoms with Gasteiger partial charge in [0.1, 0.15) is 5.65 Å². The van der Waals surface area contributed by atoms with E-state index in [0.29, 0.717) is 11.2 Å². The molecule has 3 rings (SSSR count). The van der Waals surface area contributed by atoms with Crippen LogP contribution in [0.5, 0.6) is 0 Å². The van der Waals surface area contributed by atoms with Gasteiger partial charge in [-0.3, -0.25) is 14.3 Å². The third-order valence-electron chi connectivity index (χ3n) is 2.75. The van der Waals surface area contributed by atoms with Gasteiger partial charge in [0.25, 0.3) is 5.91 Å². The van der Waals surface area contributed by atoms with E-state index in [9.17, 15) is 4.79 Å². The fourth-order valence-electron chi connectivity index (χ4n) is 1.95. The Morgan fingerprint density at radius 3 is 2.78 bits per heavy atom. The number of aromatic nitrogens is 3. The highest BCUT2D eigenvalue weighted by Crippen LogP contribution is 2.22. The van der Waals surface area contributed by atoms with Gasteiger partial charge in [0.05, 0.1) is 17.4 Å². The molecular weight excluding hydrogens is 228 g/mol. The lowest BCUT2D eigenvalue weighted by molar-refractivity contribution is 0.100. The fraction of sp³-hybridized carbons (Fsp3) is 0.